The molecule has 0 spiro atoms. The summed E-state index contributed by atoms with van der Waals surface area (Å²) >= 11 is 0. The minimum absolute atomic E-state index is 0.0673. The Kier molecular flexibility index (Phi) is 15.7. The van der Waals surface area contributed by atoms with Gasteiger partial charge in [-0.3, -0.25) is 19.2 Å². The lowest BCUT2D eigenvalue weighted by molar-refractivity contribution is -0.120. The average Bonchev–Trinajstić information content (AvgIpc) is 3.94. The van der Waals surface area contributed by atoms with Crippen LogP contribution in [0.3, 0.4) is 0 Å². The smallest absolute Gasteiger partial charge is 0.272 e. The molecule has 1 saturated carbocycles. The predicted molar refractivity (Wildman–Crippen MR) is 244 cm³/mol. The Morgan fingerprint density at radius 2 is 1.81 bits per heavy atom. The van der Waals surface area contributed by atoms with Gasteiger partial charge in [-0.25, -0.2) is 4.98 Å². The van der Waals surface area contributed by atoms with Crippen molar-refractivity contribution in [3.8, 4) is 6.07 Å². The van der Waals surface area contributed by atoms with Crippen molar-refractivity contribution in [2.75, 3.05) is 61.8 Å². The van der Waals surface area contributed by atoms with E-state index in [1.807, 2.05) is 41.3 Å². The van der Waals surface area contributed by atoms with Gasteiger partial charge in [0.15, 0.2) is 0 Å². The maximum Gasteiger partial charge on any atom is 0.272 e. The largest absolute Gasteiger partial charge is 0.386 e. The number of aromatic nitrogens is 4. The molecule has 7 N–H and O–H groups in total. The molecule has 2 saturated heterocycles. The van der Waals surface area contributed by atoms with Gasteiger partial charge in [-0.2, -0.15) is 10.4 Å². The fourth-order valence-corrected chi connectivity index (χ4v) is 8.58. The summed E-state index contributed by atoms with van der Waals surface area (Å²) in [5.41, 5.74) is 4.07. The van der Waals surface area contributed by atoms with Crippen molar-refractivity contribution in [2.45, 2.75) is 102 Å². The molecule has 0 radical (unpaired) electrons. The first kappa shape index (κ1) is 45.6. The zero-order chi connectivity index (χ0) is 44.2. The molecular formula is C46H62N12O4. The topological polar surface area (TPSA) is 220 Å². The summed E-state index contributed by atoms with van der Waals surface area (Å²) in [4.78, 5) is 48.2. The number of H-pyrrole nitrogens is 1. The molecule has 1 aromatic carbocycles. The molecule has 2 amide bonds. The molecule has 3 aromatic heterocycles. The van der Waals surface area contributed by atoms with E-state index in [0.717, 1.165) is 81.1 Å². The van der Waals surface area contributed by atoms with Crippen molar-refractivity contribution in [3.63, 3.8) is 0 Å². The molecule has 2 aliphatic heterocycles. The molecule has 16 heteroatoms. The summed E-state index contributed by atoms with van der Waals surface area (Å²) in [6.07, 6.45) is 16.3. The number of carbonyl (C=O) groups excluding carboxylic acids is 3. The van der Waals surface area contributed by atoms with E-state index < -0.39 is 11.6 Å². The second-order valence-corrected chi connectivity index (χ2v) is 17.0. The highest BCUT2D eigenvalue weighted by molar-refractivity contribution is 6.05. The van der Waals surface area contributed by atoms with Gasteiger partial charge < -0.3 is 46.5 Å². The normalized spacial score (nSPS) is 17.4. The Labute approximate surface area is 364 Å². The van der Waals surface area contributed by atoms with E-state index in [4.69, 9.17) is 15.8 Å². The number of anilines is 3. The van der Waals surface area contributed by atoms with Gasteiger partial charge in [-0.05, 0) is 94.8 Å². The van der Waals surface area contributed by atoms with Crippen LogP contribution in [0.25, 0.3) is 17.0 Å². The van der Waals surface area contributed by atoms with Gasteiger partial charge in [0, 0.05) is 93.5 Å². The number of amides is 2. The van der Waals surface area contributed by atoms with Gasteiger partial charge >= 0.3 is 0 Å². The number of rotatable bonds is 14. The van der Waals surface area contributed by atoms with Crippen LogP contribution in [0.4, 0.5) is 17.2 Å². The summed E-state index contributed by atoms with van der Waals surface area (Å²) in [5.74, 6) is 0.242. The van der Waals surface area contributed by atoms with Crippen molar-refractivity contribution in [1.82, 2.24) is 35.3 Å². The second-order valence-electron chi connectivity index (χ2n) is 17.0. The number of piperidine rings is 1. The van der Waals surface area contributed by atoms with Gasteiger partial charge in [0.05, 0.1) is 40.7 Å². The molecule has 7 rings (SSSR count). The lowest BCUT2D eigenvalue weighted by Crippen LogP contribution is -2.52. The zero-order valence-corrected chi connectivity index (χ0v) is 36.5. The summed E-state index contributed by atoms with van der Waals surface area (Å²) in [7, 11) is 1.60. The lowest BCUT2D eigenvalue weighted by Gasteiger charge is -2.41. The van der Waals surface area contributed by atoms with Gasteiger partial charge in [-0.1, -0.05) is 19.3 Å². The summed E-state index contributed by atoms with van der Waals surface area (Å²) < 4.78 is 2.03. The van der Waals surface area contributed by atoms with E-state index in [1.54, 1.807) is 33.0 Å². The number of carbonyl (C=O) groups is 3. The SMILES string of the molecule is CC(C)(O)c1cc2nn(C3CCCCC3)cc2cc1NC(=O)c1ccc(/C=C(/C#N)C=N)[nH]1.CNC(=O)CCC(C=O)Nc1cc(C)c(N2CCC(N3CCNCC3)CC2)cn1. The number of hydrogen-bond donors (Lipinski definition) is 7. The number of nitrogens with zero attached hydrogens (tertiary/aromatic N) is 6. The number of aldehydes is 1. The maximum atomic E-state index is 12.9. The Balaban J connectivity index is 0.000000209. The number of nitrogens with one attached hydrogen (secondary N) is 6. The Morgan fingerprint density at radius 1 is 1.06 bits per heavy atom. The Hall–Kier alpha value is -5.89. The first-order valence-corrected chi connectivity index (χ1v) is 21.9. The van der Waals surface area contributed by atoms with Crippen molar-refractivity contribution in [1.29, 1.82) is 10.7 Å². The standard InChI is InChI=1S/C25H28N6O2.C21H34N6O2/c1-25(2,33)20-12-22-17(15-31(30-22)19-6-4-3-5-7-19)11-23(20)29-24(32)21-9-8-18(28-21)10-16(13-26)14-27;1-16-13-20(25-17(15-28)3-4-21(29)22-2)24-14-19(16)27-9-5-18(6-10-27)26-11-7-23-8-12-26/h8-13,15,19,26,28,33H,3-7H2,1-2H3,(H,29,32);13-15,17-18,23H,3-12H2,1-2H3,(H,22,29)(H,24,25)/b16-10+,26-13?;. The lowest BCUT2D eigenvalue weighted by atomic mass is 9.95. The molecule has 4 aromatic rings. The van der Waals surface area contributed by atoms with Crippen molar-refractivity contribution in [2.24, 2.45) is 0 Å². The van der Waals surface area contributed by atoms with Gasteiger partial charge in [0.25, 0.3) is 5.91 Å². The molecule has 0 bridgehead atoms. The molecule has 5 heterocycles. The number of pyridine rings is 1. The van der Waals surface area contributed by atoms with E-state index in [-0.39, 0.29) is 17.4 Å². The quantitative estimate of drug-likeness (QED) is 0.0465. The summed E-state index contributed by atoms with van der Waals surface area (Å²) in [5, 5.41) is 44.7. The first-order chi connectivity index (χ1) is 29.9. The van der Waals surface area contributed by atoms with E-state index in [2.05, 4.69) is 48.0 Å². The van der Waals surface area contributed by atoms with Crippen LogP contribution in [0.2, 0.25) is 0 Å². The number of piperazine rings is 1. The number of fused-ring (bicyclic) bond motifs is 1. The minimum Gasteiger partial charge on any atom is -0.386 e. The number of benzene rings is 1. The molecule has 330 valence electrons. The molecule has 1 atom stereocenters. The fourth-order valence-electron chi connectivity index (χ4n) is 8.58. The highest BCUT2D eigenvalue weighted by Crippen LogP contribution is 2.35. The third-order valence-electron chi connectivity index (χ3n) is 12.1. The van der Waals surface area contributed by atoms with Gasteiger partial charge in [-0.15, -0.1) is 0 Å². The van der Waals surface area contributed by atoms with Crippen LogP contribution in [0.15, 0.2) is 48.3 Å². The highest BCUT2D eigenvalue weighted by atomic mass is 16.3. The van der Waals surface area contributed by atoms with E-state index in [9.17, 15) is 19.5 Å². The molecule has 1 aliphatic carbocycles. The molecule has 3 fully saturated rings. The number of allylic oxidation sites excluding steroid dienone is 1. The van der Waals surface area contributed by atoms with Crippen LogP contribution in [0, 0.1) is 23.7 Å². The summed E-state index contributed by atoms with van der Waals surface area (Å²) in [6.45, 7) is 12.1. The Morgan fingerprint density at radius 3 is 2.45 bits per heavy atom. The molecular weight excluding hydrogens is 785 g/mol. The molecule has 3 aliphatic rings. The van der Waals surface area contributed by atoms with E-state index in [1.165, 1.54) is 43.9 Å². The average molecular weight is 847 g/mol. The first-order valence-electron chi connectivity index (χ1n) is 21.9. The van der Waals surface area contributed by atoms with Crippen LogP contribution in [-0.2, 0) is 15.2 Å². The molecule has 62 heavy (non-hydrogen) atoms. The summed E-state index contributed by atoms with van der Waals surface area (Å²) in [6, 6.07) is 11.6. The van der Waals surface area contributed by atoms with Gasteiger partial charge in [0.1, 0.15) is 23.9 Å². The fraction of sp³-hybridized carbons (Fsp3) is 0.500. The van der Waals surface area contributed by atoms with E-state index in [0.29, 0.717) is 53.4 Å². The minimum atomic E-state index is -1.18. The monoisotopic (exact) mass is 847 g/mol. The van der Waals surface area contributed by atoms with Crippen LogP contribution >= 0.6 is 0 Å². The van der Waals surface area contributed by atoms with Crippen molar-refractivity contribution >= 4 is 58.5 Å². The van der Waals surface area contributed by atoms with Crippen LogP contribution in [-0.4, -0.2) is 112 Å². The highest BCUT2D eigenvalue weighted by Gasteiger charge is 2.27. The second kappa shape index (κ2) is 21.3. The molecule has 1 unspecified atom stereocenters. The van der Waals surface area contributed by atoms with Crippen molar-refractivity contribution < 1.29 is 19.5 Å². The number of hydrogen-bond acceptors (Lipinski definition) is 12. The number of aryl methyl sites for hydroxylation is 1. The maximum absolute atomic E-state index is 12.9. The molecule has 16 nitrogen and oxygen atoms in total. The zero-order valence-electron chi connectivity index (χ0n) is 36.5. The number of aromatic amines is 1. The third kappa shape index (κ3) is 11.9. The predicted octanol–water partition coefficient (Wildman–Crippen LogP) is 5.68. The number of nitriles is 1. The Bertz CT molecular complexity index is 2250. The van der Waals surface area contributed by atoms with E-state index >= 15 is 0 Å². The number of aliphatic hydroxyl groups is 1. The van der Waals surface area contributed by atoms with Crippen LogP contribution < -0.4 is 26.2 Å². The van der Waals surface area contributed by atoms with Crippen molar-refractivity contribution in [3.05, 3.63) is 70.8 Å². The third-order valence-corrected chi connectivity index (χ3v) is 12.1. The van der Waals surface area contributed by atoms with Gasteiger partial charge in [0.2, 0.25) is 5.91 Å². The van der Waals surface area contributed by atoms with Crippen LogP contribution in [0.1, 0.15) is 105 Å². The van der Waals surface area contributed by atoms with Crippen LogP contribution in [0.5, 0.6) is 0 Å².